The van der Waals surface area contributed by atoms with E-state index in [1.165, 1.54) is 78.1 Å². The fourth-order valence-electron chi connectivity index (χ4n) is 16.0. The molecule has 6 aliphatic rings. The molecule has 25 nitrogen and oxygen atoms in total. The van der Waals surface area contributed by atoms with E-state index in [9.17, 15) is 55.1 Å². The highest BCUT2D eigenvalue weighted by Crippen LogP contribution is 2.45. The van der Waals surface area contributed by atoms with Crippen LogP contribution in [0.25, 0.3) is 0 Å². The van der Waals surface area contributed by atoms with Crippen molar-refractivity contribution in [2.24, 2.45) is 35.5 Å². The van der Waals surface area contributed by atoms with Gasteiger partial charge in [0.25, 0.3) is 0 Å². The molecule has 1 spiro atoms. The Kier molecular flexibility index (Phi) is 31.6. The Balaban J connectivity index is 1.47. The maximum absolute atomic E-state index is 15.4. The van der Waals surface area contributed by atoms with Crippen LogP contribution in [0.4, 0.5) is 35.1 Å². The minimum Gasteiger partial charge on any atom is -0.379 e. The number of rotatable bonds is 14. The van der Waals surface area contributed by atoms with Gasteiger partial charge in [-0.3, -0.25) is 57.5 Å². The normalized spacial score (nSPS) is 31.1. The summed E-state index contributed by atoms with van der Waals surface area (Å²) in [6.07, 6.45) is -12.0. The molecule has 33 heteroatoms. The van der Waals surface area contributed by atoms with E-state index in [0.717, 1.165) is 29.4 Å². The highest BCUT2D eigenvalue weighted by molar-refractivity contribution is 6.01. The Bertz CT molecular complexity index is 3120. The van der Waals surface area contributed by atoms with Crippen LogP contribution in [0.5, 0.6) is 0 Å². The first-order valence-corrected chi connectivity index (χ1v) is 37.6. The maximum atomic E-state index is 15.4. The second-order valence-corrected chi connectivity index (χ2v) is 30.7. The van der Waals surface area contributed by atoms with Crippen molar-refractivity contribution in [3.8, 4) is 0 Å². The van der Waals surface area contributed by atoms with Crippen LogP contribution in [0, 0.1) is 35.5 Å². The van der Waals surface area contributed by atoms with E-state index < -0.39 is 230 Å². The number of alkyl halides is 8. The number of likely N-dealkylation sites (N-methyl/N-ethyl adjacent to an activating group) is 8. The summed E-state index contributed by atoms with van der Waals surface area (Å²) in [4.78, 5) is 189. The first-order chi connectivity index (χ1) is 49.7. The van der Waals surface area contributed by atoms with Crippen LogP contribution in [-0.4, -0.2) is 290 Å². The molecule has 5 fully saturated rings. The van der Waals surface area contributed by atoms with E-state index in [0.29, 0.717) is 44.9 Å². The lowest BCUT2D eigenvalue weighted by molar-refractivity contribution is -0.219. The van der Waals surface area contributed by atoms with Crippen molar-refractivity contribution >= 4 is 70.9 Å². The van der Waals surface area contributed by atoms with Gasteiger partial charge in [-0.2, -0.15) is 26.3 Å². The van der Waals surface area contributed by atoms with Gasteiger partial charge in [-0.1, -0.05) is 59.1 Å². The molecule has 2 aliphatic heterocycles. The zero-order chi connectivity index (χ0) is 79.2. The molecule has 2 bridgehead atoms. The monoisotopic (exact) mass is 1520 g/mol. The van der Waals surface area contributed by atoms with Crippen molar-refractivity contribution in [2.75, 3.05) is 96.3 Å². The number of ether oxygens (including phenoxy) is 1. The first-order valence-electron chi connectivity index (χ1n) is 37.6. The van der Waals surface area contributed by atoms with Gasteiger partial charge in [0.1, 0.15) is 72.1 Å². The van der Waals surface area contributed by atoms with Crippen LogP contribution in [0.3, 0.4) is 0 Å². The van der Waals surface area contributed by atoms with Gasteiger partial charge >= 0.3 is 12.4 Å². The molecular weight excluding hydrogens is 1400 g/mol. The first kappa shape index (κ1) is 87.7. The fourth-order valence-corrected chi connectivity index (χ4v) is 16.0. The number of halogens is 8. The molecule has 106 heavy (non-hydrogen) atoms. The summed E-state index contributed by atoms with van der Waals surface area (Å²) in [6.45, 7) is 4.66. The van der Waals surface area contributed by atoms with Crippen molar-refractivity contribution in [3.05, 3.63) is 12.2 Å². The number of amides is 12. The summed E-state index contributed by atoms with van der Waals surface area (Å²) < 4.78 is 121. The van der Waals surface area contributed by atoms with Gasteiger partial charge in [0.05, 0.1) is 32.0 Å². The minimum absolute atomic E-state index is 0.00569. The van der Waals surface area contributed by atoms with E-state index in [2.05, 4.69) is 16.0 Å². The molecule has 0 aromatic rings. The number of hydrogen-bond donors (Lipinski definition) is 3. The van der Waals surface area contributed by atoms with Crippen molar-refractivity contribution < 1.29 is 97.4 Å². The summed E-state index contributed by atoms with van der Waals surface area (Å²) in [6, 6.07) is -11.6. The lowest BCUT2D eigenvalue weighted by Crippen LogP contribution is -2.68. The second-order valence-electron chi connectivity index (χ2n) is 30.7. The van der Waals surface area contributed by atoms with Crippen LogP contribution < -0.4 is 16.0 Å². The number of nitrogens with one attached hydrogen (secondary N) is 3. The molecule has 1 saturated heterocycles. The third-order valence-electron chi connectivity index (χ3n) is 23.1. The van der Waals surface area contributed by atoms with Gasteiger partial charge in [-0.25, -0.2) is 8.78 Å². The Morgan fingerprint density at radius 1 is 0.642 bits per heavy atom. The van der Waals surface area contributed by atoms with Gasteiger partial charge in [0, 0.05) is 76.6 Å². The summed E-state index contributed by atoms with van der Waals surface area (Å²) in [5.74, 6) is -17.1. The zero-order valence-corrected chi connectivity index (χ0v) is 63.8. The predicted molar refractivity (Wildman–Crippen MR) is 374 cm³/mol. The van der Waals surface area contributed by atoms with Crippen LogP contribution in [0.2, 0.25) is 0 Å². The SMILES string of the molecule is CCCOC[C@@H]1C(=O)NC2(CCC2)C(=O)N(C)[C@@H](C2CCCC2)C(=O)N(C)[C@H](C(=O)N(C)C)CC(=O)N(C)[C@@H](CC)C(=O)N[C@@H]([C@@H](C)CC)C(=O)N(C)CC(=O)N(C)[C@H]2C/C=C\CCN(C2=O)[C@@H](CC2CCC(C(F)(F)F)CC2)C(=O)N(C)CC(=O)N[C@@H](CCC2CC(F)C(C(F)(F)F)C(F)C2)C(=O)N1C. The molecule has 4 saturated carbocycles. The van der Waals surface area contributed by atoms with Gasteiger partial charge in [-0.15, -0.1) is 0 Å². The highest BCUT2D eigenvalue weighted by atomic mass is 19.4. The molecule has 600 valence electrons. The summed E-state index contributed by atoms with van der Waals surface area (Å²) in [7, 11) is 11.9. The number of carbonyl (C=O) groups excluding carboxylic acids is 12. The predicted octanol–water partition coefficient (Wildman–Crippen LogP) is 5.96. The molecule has 11 atom stereocenters. The van der Waals surface area contributed by atoms with E-state index >= 15 is 37.5 Å². The van der Waals surface area contributed by atoms with E-state index in [4.69, 9.17) is 4.74 Å². The Morgan fingerprint density at radius 2 is 1.25 bits per heavy atom. The van der Waals surface area contributed by atoms with Gasteiger partial charge < -0.3 is 64.8 Å². The highest BCUT2D eigenvalue weighted by Gasteiger charge is 2.56. The standard InChI is InChI=1S/C73H114F8N12O13/c1-14-35-106-42-55-63(98)84-71(32-22-33-71)70(105)92(13)61(46-23-19-20-24-46)69(104)90(11)53(65(100)85(5)6)39-57(95)88(9)51(16-3)62(97)83-60(43(4)15-2)68(103)87(8)41-58(96)89(10)52-25-18-17-21-34-93(67(52)102)54(38-44-26-29-47(30-27-44)72(76,77)78)66(101)86(7)40-56(94)82-50(64(99)91(55)12)31-28-45-36-48(74)59(49(75)37-45)73(79,80)81/h17-18,43-55,59-61H,14-16,19-42H2,1-13H3,(H,82,94)(H,83,97)(H,84,98)/b18-17-/t43-,44?,45?,47?,48?,49?,50-,51-,52-,53-,54-,55+,59?,60-,61-/m0/s1. The van der Waals surface area contributed by atoms with Gasteiger partial charge in [0.2, 0.25) is 70.9 Å². The molecule has 4 aliphatic carbocycles. The van der Waals surface area contributed by atoms with Crippen molar-refractivity contribution in [2.45, 2.75) is 248 Å². The molecule has 2 unspecified atom stereocenters. The van der Waals surface area contributed by atoms with Gasteiger partial charge in [0.15, 0.2) is 0 Å². The number of carbonyl (C=O) groups is 12. The van der Waals surface area contributed by atoms with Crippen molar-refractivity contribution in [3.63, 3.8) is 0 Å². The molecule has 0 radical (unpaired) electrons. The lowest BCUT2D eigenvalue weighted by Gasteiger charge is -2.47. The average Bonchev–Trinajstić information content (AvgIpc) is 0.970. The Labute approximate surface area is 617 Å². The maximum Gasteiger partial charge on any atom is 0.397 e. The topological polar surface area (TPSA) is 279 Å². The summed E-state index contributed by atoms with van der Waals surface area (Å²) in [5, 5.41) is 8.24. The average molecular weight is 1520 g/mol. The third-order valence-corrected chi connectivity index (χ3v) is 23.1. The summed E-state index contributed by atoms with van der Waals surface area (Å²) >= 11 is 0. The molecule has 3 N–H and O–H groups in total. The van der Waals surface area contributed by atoms with Crippen LogP contribution in [0.1, 0.15) is 169 Å². The van der Waals surface area contributed by atoms with E-state index in [-0.39, 0.29) is 83.8 Å². The third kappa shape index (κ3) is 21.6. The fraction of sp³-hybridized carbons (Fsp3) is 0.808. The minimum atomic E-state index is -5.22. The number of fused-ring (bicyclic) bond motifs is 2. The largest absolute Gasteiger partial charge is 0.397 e. The van der Waals surface area contributed by atoms with Crippen LogP contribution in [-0.2, 0) is 62.3 Å². The number of nitrogens with zero attached hydrogens (tertiary/aromatic N) is 9. The van der Waals surface area contributed by atoms with Crippen LogP contribution in [0.15, 0.2) is 12.2 Å². The van der Waals surface area contributed by atoms with Gasteiger partial charge in [-0.05, 0) is 139 Å². The molecule has 0 aromatic heterocycles. The molecule has 12 amide bonds. The van der Waals surface area contributed by atoms with E-state index in [1.54, 1.807) is 39.8 Å². The van der Waals surface area contributed by atoms with Crippen molar-refractivity contribution in [1.29, 1.82) is 0 Å². The van der Waals surface area contributed by atoms with Crippen molar-refractivity contribution in [1.82, 2.24) is 60.0 Å². The van der Waals surface area contributed by atoms with E-state index in [1.807, 2.05) is 0 Å². The lowest BCUT2D eigenvalue weighted by atomic mass is 9.74. The molecule has 6 rings (SSSR count). The summed E-state index contributed by atoms with van der Waals surface area (Å²) in [5.41, 5.74) is -1.72. The molecular formula is C73H114F8N12O13. The zero-order valence-electron chi connectivity index (χ0n) is 63.8. The number of hydrogen-bond acceptors (Lipinski definition) is 13. The Hall–Kier alpha value is -7.22. The molecule has 0 aromatic carbocycles. The molecule has 2 heterocycles. The van der Waals surface area contributed by atoms with Crippen LogP contribution >= 0.6 is 0 Å². The quantitative estimate of drug-likeness (QED) is 0.103. The Morgan fingerprint density at radius 3 is 1.80 bits per heavy atom. The smallest absolute Gasteiger partial charge is 0.379 e. The second kappa shape index (κ2) is 38.2.